The molecule has 8 nitrogen and oxygen atoms in total. The van der Waals surface area contributed by atoms with E-state index in [0.29, 0.717) is 13.0 Å². The smallest absolute Gasteiger partial charge is 0.253 e. The molecule has 0 saturated carbocycles. The van der Waals surface area contributed by atoms with E-state index in [1.54, 1.807) is 18.5 Å². The van der Waals surface area contributed by atoms with Crippen LogP contribution in [0, 0.1) is 0 Å². The molecule has 1 unspecified atom stereocenters. The Morgan fingerprint density at radius 2 is 1.88 bits per heavy atom. The molecule has 1 atom stereocenters. The van der Waals surface area contributed by atoms with Gasteiger partial charge in [-0.25, -0.2) is 8.42 Å². The van der Waals surface area contributed by atoms with Crippen LogP contribution in [0.25, 0.3) is 0 Å². The molecular weight excluding hydrogens is 356 g/mol. The summed E-state index contributed by atoms with van der Waals surface area (Å²) in [5.41, 5.74) is 1.31. The summed E-state index contributed by atoms with van der Waals surface area (Å²) in [6.45, 7) is 0.309. The van der Waals surface area contributed by atoms with E-state index in [0.717, 1.165) is 5.56 Å². The Kier molecular flexibility index (Phi) is 5.27. The van der Waals surface area contributed by atoms with E-state index in [4.69, 9.17) is 0 Å². The van der Waals surface area contributed by atoms with Crippen LogP contribution in [0.2, 0.25) is 0 Å². The summed E-state index contributed by atoms with van der Waals surface area (Å²) in [6, 6.07) is 4.64. The van der Waals surface area contributed by atoms with Gasteiger partial charge in [-0.05, 0) is 24.1 Å². The Balaban J connectivity index is 1.62. The SMILES string of the molecule is O=C(NCc1cccnc1)c1cncc(C(=O)NC2CCS(=O)(=O)C2)c1. The fourth-order valence-corrected chi connectivity index (χ4v) is 4.33. The average Bonchev–Trinajstić information content (AvgIpc) is 2.99. The lowest BCUT2D eigenvalue weighted by molar-refractivity contribution is 0.0940. The number of carbonyl (C=O) groups excluding carboxylic acids is 2. The average molecular weight is 374 g/mol. The molecule has 0 aliphatic carbocycles. The van der Waals surface area contributed by atoms with Crippen LogP contribution >= 0.6 is 0 Å². The molecule has 136 valence electrons. The minimum absolute atomic E-state index is 0.0581. The first-order valence-corrected chi connectivity index (χ1v) is 9.88. The highest BCUT2D eigenvalue weighted by molar-refractivity contribution is 7.91. The van der Waals surface area contributed by atoms with Crippen LogP contribution in [-0.2, 0) is 16.4 Å². The molecule has 1 fully saturated rings. The fraction of sp³-hybridized carbons (Fsp3) is 0.294. The Morgan fingerprint density at radius 1 is 1.12 bits per heavy atom. The molecule has 3 heterocycles. The third kappa shape index (κ3) is 4.63. The van der Waals surface area contributed by atoms with Gasteiger partial charge in [0.2, 0.25) is 0 Å². The second-order valence-corrected chi connectivity index (χ2v) is 8.31. The molecule has 3 rings (SSSR count). The van der Waals surface area contributed by atoms with Gasteiger partial charge >= 0.3 is 0 Å². The number of hydrogen-bond acceptors (Lipinski definition) is 6. The topological polar surface area (TPSA) is 118 Å². The Labute approximate surface area is 151 Å². The molecule has 1 aliphatic rings. The van der Waals surface area contributed by atoms with Gasteiger partial charge in [0.25, 0.3) is 11.8 Å². The summed E-state index contributed by atoms with van der Waals surface area (Å²) >= 11 is 0. The first-order chi connectivity index (χ1) is 12.4. The number of sulfone groups is 1. The third-order valence-electron chi connectivity index (χ3n) is 4.01. The van der Waals surface area contributed by atoms with Crippen molar-refractivity contribution in [1.82, 2.24) is 20.6 Å². The molecule has 2 N–H and O–H groups in total. The van der Waals surface area contributed by atoms with Crippen LogP contribution in [0.4, 0.5) is 0 Å². The molecule has 2 aromatic heterocycles. The number of rotatable bonds is 5. The first kappa shape index (κ1) is 18.0. The molecule has 9 heteroatoms. The fourth-order valence-electron chi connectivity index (χ4n) is 2.65. The van der Waals surface area contributed by atoms with Gasteiger partial charge in [-0.2, -0.15) is 0 Å². The van der Waals surface area contributed by atoms with Crippen molar-refractivity contribution >= 4 is 21.7 Å². The summed E-state index contributed by atoms with van der Waals surface area (Å²) in [7, 11) is -3.08. The lowest BCUT2D eigenvalue weighted by Crippen LogP contribution is -2.35. The van der Waals surface area contributed by atoms with Gasteiger partial charge in [0, 0.05) is 37.4 Å². The van der Waals surface area contributed by atoms with Crippen molar-refractivity contribution in [2.24, 2.45) is 0 Å². The minimum atomic E-state index is -3.08. The monoisotopic (exact) mass is 374 g/mol. The van der Waals surface area contributed by atoms with Crippen LogP contribution in [0.1, 0.15) is 32.7 Å². The summed E-state index contributed by atoms with van der Waals surface area (Å²) in [4.78, 5) is 32.4. The molecule has 0 aromatic carbocycles. The van der Waals surface area contributed by atoms with Gasteiger partial charge in [0.15, 0.2) is 9.84 Å². The van der Waals surface area contributed by atoms with Gasteiger partial charge in [0.1, 0.15) is 0 Å². The van der Waals surface area contributed by atoms with Crippen molar-refractivity contribution in [3.05, 3.63) is 59.7 Å². The maximum atomic E-state index is 12.3. The third-order valence-corrected chi connectivity index (χ3v) is 5.77. The molecule has 0 radical (unpaired) electrons. The van der Waals surface area contributed by atoms with E-state index in [1.807, 2.05) is 6.07 Å². The summed E-state index contributed by atoms with van der Waals surface area (Å²) in [5, 5.41) is 5.41. The van der Waals surface area contributed by atoms with E-state index in [9.17, 15) is 18.0 Å². The zero-order valence-electron chi connectivity index (χ0n) is 13.9. The molecule has 2 aromatic rings. The van der Waals surface area contributed by atoms with Crippen molar-refractivity contribution in [3.63, 3.8) is 0 Å². The van der Waals surface area contributed by atoms with Gasteiger partial charge in [-0.15, -0.1) is 0 Å². The molecular formula is C17H18N4O4S. The Morgan fingerprint density at radius 3 is 2.54 bits per heavy atom. The van der Waals surface area contributed by atoms with Gasteiger partial charge in [0.05, 0.1) is 22.6 Å². The highest BCUT2D eigenvalue weighted by Gasteiger charge is 2.29. The normalized spacial score (nSPS) is 18.2. The van der Waals surface area contributed by atoms with Crippen molar-refractivity contribution in [2.75, 3.05) is 11.5 Å². The number of nitrogens with one attached hydrogen (secondary N) is 2. The second kappa shape index (κ2) is 7.61. The highest BCUT2D eigenvalue weighted by Crippen LogP contribution is 2.12. The quantitative estimate of drug-likeness (QED) is 0.778. The van der Waals surface area contributed by atoms with Crippen molar-refractivity contribution in [2.45, 2.75) is 19.0 Å². The van der Waals surface area contributed by atoms with Gasteiger partial charge in [-0.1, -0.05) is 6.07 Å². The lowest BCUT2D eigenvalue weighted by Gasteiger charge is -2.11. The number of aromatic nitrogens is 2. The molecule has 0 bridgehead atoms. The standard InChI is InChI=1S/C17H18N4O4S/c22-16(20-8-12-2-1-4-18-7-12)13-6-14(10-19-9-13)17(23)21-15-3-5-26(24,25)11-15/h1-2,4,6-7,9-10,15H,3,5,8,11H2,(H,20,22)(H,21,23). The van der Waals surface area contributed by atoms with E-state index in [2.05, 4.69) is 20.6 Å². The maximum Gasteiger partial charge on any atom is 0.253 e. The van der Waals surface area contributed by atoms with Gasteiger partial charge in [-0.3, -0.25) is 19.6 Å². The van der Waals surface area contributed by atoms with Crippen LogP contribution in [0.5, 0.6) is 0 Å². The summed E-state index contributed by atoms with van der Waals surface area (Å²) in [5.74, 6) is -0.786. The van der Waals surface area contributed by atoms with Crippen LogP contribution < -0.4 is 10.6 Å². The van der Waals surface area contributed by atoms with Crippen molar-refractivity contribution in [3.8, 4) is 0 Å². The highest BCUT2D eigenvalue weighted by atomic mass is 32.2. The van der Waals surface area contributed by atoms with Crippen molar-refractivity contribution < 1.29 is 18.0 Å². The predicted octanol–water partition coefficient (Wildman–Crippen LogP) is 0.324. The minimum Gasteiger partial charge on any atom is -0.348 e. The van der Waals surface area contributed by atoms with E-state index >= 15 is 0 Å². The first-order valence-electron chi connectivity index (χ1n) is 8.06. The Hall–Kier alpha value is -2.81. The summed E-state index contributed by atoms with van der Waals surface area (Å²) < 4.78 is 22.9. The molecule has 2 amide bonds. The number of hydrogen-bond donors (Lipinski definition) is 2. The lowest BCUT2D eigenvalue weighted by atomic mass is 10.1. The zero-order chi connectivity index (χ0) is 18.6. The van der Waals surface area contributed by atoms with E-state index in [1.165, 1.54) is 18.5 Å². The second-order valence-electron chi connectivity index (χ2n) is 6.08. The van der Waals surface area contributed by atoms with Crippen LogP contribution in [0.3, 0.4) is 0 Å². The molecule has 1 saturated heterocycles. The Bertz CT molecular complexity index is 915. The number of carbonyl (C=O) groups is 2. The molecule has 26 heavy (non-hydrogen) atoms. The number of nitrogens with zero attached hydrogens (tertiary/aromatic N) is 2. The zero-order valence-corrected chi connectivity index (χ0v) is 14.7. The maximum absolute atomic E-state index is 12.3. The van der Waals surface area contributed by atoms with E-state index in [-0.39, 0.29) is 28.5 Å². The largest absolute Gasteiger partial charge is 0.348 e. The number of amides is 2. The molecule has 0 spiro atoms. The molecule has 1 aliphatic heterocycles. The van der Waals surface area contributed by atoms with Gasteiger partial charge < -0.3 is 10.6 Å². The van der Waals surface area contributed by atoms with Crippen LogP contribution in [0.15, 0.2) is 43.0 Å². The van der Waals surface area contributed by atoms with Crippen molar-refractivity contribution in [1.29, 1.82) is 0 Å². The number of pyridine rings is 2. The van der Waals surface area contributed by atoms with Crippen LogP contribution in [-0.4, -0.2) is 47.7 Å². The predicted molar refractivity (Wildman–Crippen MR) is 94.2 cm³/mol. The van der Waals surface area contributed by atoms with E-state index < -0.39 is 21.8 Å². The summed E-state index contributed by atoms with van der Waals surface area (Å²) in [6.07, 6.45) is 6.41.